The summed E-state index contributed by atoms with van der Waals surface area (Å²) in [6.45, 7) is 3.67. The third kappa shape index (κ3) is 3.61. The fourth-order valence-corrected chi connectivity index (χ4v) is 1.56. The Balaban J connectivity index is 2.01. The summed E-state index contributed by atoms with van der Waals surface area (Å²) in [6, 6.07) is 8.63. The molecule has 0 fully saturated rings. The van der Waals surface area contributed by atoms with Crippen LogP contribution in [0.15, 0.2) is 36.5 Å². The molecule has 2 amide bonds. The summed E-state index contributed by atoms with van der Waals surface area (Å²) in [6.07, 6.45) is 1.56. The lowest BCUT2D eigenvalue weighted by Gasteiger charge is -2.06. The van der Waals surface area contributed by atoms with Gasteiger partial charge in [-0.2, -0.15) is 0 Å². The predicted molar refractivity (Wildman–Crippen MR) is 75.2 cm³/mol. The van der Waals surface area contributed by atoms with Crippen LogP contribution >= 0.6 is 0 Å². The monoisotopic (exact) mass is 270 g/mol. The highest BCUT2D eigenvalue weighted by atomic mass is 16.2. The first-order valence-electron chi connectivity index (χ1n) is 6.03. The van der Waals surface area contributed by atoms with Gasteiger partial charge in [0.1, 0.15) is 11.6 Å². The van der Waals surface area contributed by atoms with Crippen LogP contribution in [0.2, 0.25) is 0 Å². The Morgan fingerprint density at radius 1 is 1.00 bits per heavy atom. The first kappa shape index (κ1) is 13.7. The van der Waals surface area contributed by atoms with E-state index in [2.05, 4.69) is 20.6 Å². The highest BCUT2D eigenvalue weighted by molar-refractivity contribution is 6.43. The molecule has 0 aliphatic heterocycles. The average molecular weight is 270 g/mol. The van der Waals surface area contributed by atoms with E-state index in [0.29, 0.717) is 11.6 Å². The van der Waals surface area contributed by atoms with Gasteiger partial charge in [0.15, 0.2) is 0 Å². The van der Waals surface area contributed by atoms with Crippen LogP contribution in [-0.2, 0) is 9.59 Å². The third-order valence-corrected chi connectivity index (χ3v) is 2.49. The fourth-order valence-electron chi connectivity index (χ4n) is 1.56. The normalized spacial score (nSPS) is 9.90. The number of carbonyl (C=O) groups is 2. The van der Waals surface area contributed by atoms with E-state index < -0.39 is 11.8 Å². The van der Waals surface area contributed by atoms with E-state index in [-0.39, 0.29) is 0 Å². The van der Waals surface area contributed by atoms with E-state index in [9.17, 15) is 9.59 Å². The topological polar surface area (TPSA) is 84.0 Å². The summed E-state index contributed by atoms with van der Waals surface area (Å²) in [4.78, 5) is 31.5. The van der Waals surface area contributed by atoms with Crippen LogP contribution in [0, 0.1) is 13.8 Å². The second kappa shape index (κ2) is 5.92. The maximum absolute atomic E-state index is 11.7. The highest BCUT2D eigenvalue weighted by Gasteiger charge is 2.15. The maximum atomic E-state index is 11.7. The molecule has 0 aliphatic carbocycles. The number of hydrogen-bond acceptors (Lipinski definition) is 4. The number of anilines is 2. The van der Waals surface area contributed by atoms with Gasteiger partial charge in [0.2, 0.25) is 0 Å². The highest BCUT2D eigenvalue weighted by Crippen LogP contribution is 2.06. The zero-order valence-corrected chi connectivity index (χ0v) is 11.2. The van der Waals surface area contributed by atoms with Gasteiger partial charge in [-0.1, -0.05) is 6.07 Å². The van der Waals surface area contributed by atoms with Gasteiger partial charge in [-0.25, -0.2) is 9.97 Å². The van der Waals surface area contributed by atoms with Crippen molar-refractivity contribution in [2.45, 2.75) is 13.8 Å². The van der Waals surface area contributed by atoms with Gasteiger partial charge < -0.3 is 10.6 Å². The molecule has 6 nitrogen and oxygen atoms in total. The maximum Gasteiger partial charge on any atom is 0.315 e. The minimum absolute atomic E-state index is 0.336. The zero-order valence-electron chi connectivity index (χ0n) is 11.2. The molecule has 0 bridgehead atoms. The van der Waals surface area contributed by atoms with Crippen molar-refractivity contribution in [1.29, 1.82) is 0 Å². The van der Waals surface area contributed by atoms with Crippen molar-refractivity contribution in [3.8, 4) is 0 Å². The molecule has 102 valence electrons. The van der Waals surface area contributed by atoms with Crippen molar-refractivity contribution in [2.24, 2.45) is 0 Å². The van der Waals surface area contributed by atoms with Crippen LogP contribution in [0.4, 0.5) is 11.6 Å². The molecule has 0 radical (unpaired) electrons. The van der Waals surface area contributed by atoms with Crippen LogP contribution in [0.25, 0.3) is 0 Å². The van der Waals surface area contributed by atoms with Crippen molar-refractivity contribution in [2.75, 3.05) is 10.6 Å². The van der Waals surface area contributed by atoms with Gasteiger partial charge in [-0.3, -0.25) is 9.59 Å². The molecule has 20 heavy (non-hydrogen) atoms. The van der Waals surface area contributed by atoms with E-state index in [0.717, 1.165) is 11.3 Å². The van der Waals surface area contributed by atoms with Crippen molar-refractivity contribution >= 4 is 23.5 Å². The van der Waals surface area contributed by atoms with Gasteiger partial charge in [0.05, 0.1) is 0 Å². The lowest BCUT2D eigenvalue weighted by molar-refractivity contribution is -0.133. The lowest BCUT2D eigenvalue weighted by atomic mass is 10.3. The number of carbonyl (C=O) groups excluding carboxylic acids is 2. The summed E-state index contributed by atoms with van der Waals surface area (Å²) >= 11 is 0. The average Bonchev–Trinajstić information content (AvgIpc) is 2.38. The van der Waals surface area contributed by atoms with E-state index in [1.165, 1.54) is 0 Å². The number of aryl methyl sites for hydroxylation is 2. The molecule has 0 saturated carbocycles. The number of pyridine rings is 2. The van der Waals surface area contributed by atoms with Gasteiger partial charge in [0.25, 0.3) is 0 Å². The van der Waals surface area contributed by atoms with E-state index in [4.69, 9.17) is 0 Å². The summed E-state index contributed by atoms with van der Waals surface area (Å²) in [5, 5.41) is 4.86. The molecule has 2 N–H and O–H groups in total. The Morgan fingerprint density at radius 2 is 1.70 bits per heavy atom. The molecule has 0 unspecified atom stereocenters. The number of nitrogens with zero attached hydrogens (tertiary/aromatic N) is 2. The molecule has 2 heterocycles. The van der Waals surface area contributed by atoms with Crippen molar-refractivity contribution in [1.82, 2.24) is 9.97 Å². The number of nitrogens with one attached hydrogen (secondary N) is 2. The summed E-state index contributed by atoms with van der Waals surface area (Å²) < 4.78 is 0. The second-order valence-electron chi connectivity index (χ2n) is 4.29. The smallest absolute Gasteiger partial charge is 0.302 e. The number of amides is 2. The molecule has 2 rings (SSSR count). The van der Waals surface area contributed by atoms with Crippen molar-refractivity contribution in [3.05, 3.63) is 47.8 Å². The van der Waals surface area contributed by atoms with E-state index in [1.807, 2.05) is 6.92 Å². The molecule has 0 spiro atoms. The quantitative estimate of drug-likeness (QED) is 0.813. The summed E-state index contributed by atoms with van der Waals surface area (Å²) in [7, 11) is 0. The molecule has 0 atom stereocenters. The molecule has 0 saturated heterocycles. The predicted octanol–water partition coefficient (Wildman–Crippen LogP) is 1.67. The Labute approximate surface area is 116 Å². The number of hydrogen-bond donors (Lipinski definition) is 2. The van der Waals surface area contributed by atoms with Gasteiger partial charge in [-0.15, -0.1) is 0 Å². The minimum atomic E-state index is -0.786. The first-order valence-corrected chi connectivity index (χ1v) is 6.03. The van der Waals surface area contributed by atoms with Crippen LogP contribution in [0.5, 0.6) is 0 Å². The fraction of sp³-hybridized carbons (Fsp3) is 0.143. The van der Waals surface area contributed by atoms with Gasteiger partial charge >= 0.3 is 11.8 Å². The number of aromatic nitrogens is 2. The van der Waals surface area contributed by atoms with Crippen LogP contribution in [-0.4, -0.2) is 21.8 Å². The minimum Gasteiger partial charge on any atom is -0.302 e. The Morgan fingerprint density at radius 3 is 2.35 bits per heavy atom. The van der Waals surface area contributed by atoms with Gasteiger partial charge in [-0.05, 0) is 43.7 Å². The Bertz CT molecular complexity index is 598. The van der Waals surface area contributed by atoms with Crippen LogP contribution in [0.3, 0.4) is 0 Å². The first-order chi connectivity index (χ1) is 9.54. The SMILES string of the molecule is Cc1ccnc(NC(=O)C(=O)Nc2cccc(C)n2)c1. The molecule has 0 aromatic carbocycles. The van der Waals surface area contributed by atoms with Crippen molar-refractivity contribution < 1.29 is 9.59 Å². The van der Waals surface area contributed by atoms with Gasteiger partial charge in [0, 0.05) is 11.9 Å². The molecular weight excluding hydrogens is 256 g/mol. The Hall–Kier alpha value is -2.76. The largest absolute Gasteiger partial charge is 0.315 e. The molecule has 6 heteroatoms. The zero-order chi connectivity index (χ0) is 14.5. The number of rotatable bonds is 2. The standard InChI is InChI=1S/C14H14N4O2/c1-9-6-7-15-12(8-9)18-14(20)13(19)17-11-5-3-4-10(2)16-11/h3-8H,1-2H3,(H,15,18,20)(H,16,17,19). The summed E-state index contributed by atoms with van der Waals surface area (Å²) in [5.74, 6) is -0.900. The molecule has 2 aromatic rings. The molecule has 0 aliphatic rings. The lowest BCUT2D eigenvalue weighted by Crippen LogP contribution is -2.29. The second-order valence-corrected chi connectivity index (χ2v) is 4.29. The summed E-state index contributed by atoms with van der Waals surface area (Å²) in [5.41, 5.74) is 1.69. The van der Waals surface area contributed by atoms with Crippen LogP contribution < -0.4 is 10.6 Å². The van der Waals surface area contributed by atoms with E-state index in [1.54, 1.807) is 43.5 Å². The van der Waals surface area contributed by atoms with Crippen LogP contribution in [0.1, 0.15) is 11.3 Å². The molecule has 2 aromatic heterocycles. The Kier molecular flexibility index (Phi) is 4.05. The third-order valence-electron chi connectivity index (χ3n) is 2.49. The van der Waals surface area contributed by atoms with E-state index >= 15 is 0 Å². The molecular formula is C14H14N4O2. The van der Waals surface area contributed by atoms with Crippen molar-refractivity contribution in [3.63, 3.8) is 0 Å².